The largest absolute Gasteiger partial charge is 0.381 e. The number of pyridine rings is 1. The number of hydrogen-bond acceptors (Lipinski definition) is 7. The quantitative estimate of drug-likeness (QED) is 0.652. The third-order valence-electron chi connectivity index (χ3n) is 5.54. The van der Waals surface area contributed by atoms with Crippen molar-refractivity contribution in [2.24, 2.45) is 0 Å². The Bertz CT molecular complexity index is 1210. The fourth-order valence-electron chi connectivity index (χ4n) is 3.87. The number of nitrogens with zero attached hydrogens (tertiary/aromatic N) is 5. The second-order valence-electron chi connectivity index (χ2n) is 7.46. The smallest absolute Gasteiger partial charge is 0.263 e. The van der Waals surface area contributed by atoms with Gasteiger partial charge in [-0.2, -0.15) is 0 Å². The molecule has 160 valence electrons. The molecule has 0 aliphatic carbocycles. The van der Waals surface area contributed by atoms with Gasteiger partial charge in [0.25, 0.3) is 5.91 Å². The molecule has 11 heteroatoms. The van der Waals surface area contributed by atoms with E-state index in [2.05, 4.69) is 25.3 Å². The topological polar surface area (TPSA) is 111 Å². The minimum absolute atomic E-state index is 0.0241. The van der Waals surface area contributed by atoms with Crippen LogP contribution in [0.15, 0.2) is 30.9 Å². The summed E-state index contributed by atoms with van der Waals surface area (Å²) >= 11 is 0. The predicted octanol–water partition coefficient (Wildman–Crippen LogP) is 1.72. The lowest BCUT2D eigenvalue weighted by molar-refractivity contribution is -0.0612. The predicted molar refractivity (Wildman–Crippen MR) is 108 cm³/mol. The highest BCUT2D eigenvalue weighted by Crippen LogP contribution is 2.32. The van der Waals surface area contributed by atoms with Crippen molar-refractivity contribution < 1.29 is 18.3 Å². The molecule has 3 N–H and O–H groups in total. The van der Waals surface area contributed by atoms with Gasteiger partial charge in [0.05, 0.1) is 49.7 Å². The first-order valence-corrected chi connectivity index (χ1v) is 9.76. The van der Waals surface area contributed by atoms with Crippen molar-refractivity contribution in [3.8, 4) is 0 Å². The number of fused-ring (bicyclic) bond motifs is 1. The Balaban J connectivity index is 1.44. The minimum atomic E-state index is -0.634. The van der Waals surface area contributed by atoms with Gasteiger partial charge in [-0.05, 0) is 12.0 Å². The molecule has 31 heavy (non-hydrogen) atoms. The maximum absolute atomic E-state index is 14.8. The molecular formula is C20H19F2N7O2. The number of anilines is 2. The van der Waals surface area contributed by atoms with E-state index in [0.717, 1.165) is 35.2 Å². The fourth-order valence-corrected chi connectivity index (χ4v) is 3.87. The van der Waals surface area contributed by atoms with Crippen LogP contribution in [0.4, 0.5) is 20.3 Å². The van der Waals surface area contributed by atoms with Gasteiger partial charge in [-0.1, -0.05) is 6.08 Å². The first-order valence-electron chi connectivity index (χ1n) is 9.76. The molecule has 3 aromatic rings. The van der Waals surface area contributed by atoms with E-state index in [9.17, 15) is 13.6 Å². The molecule has 5 heterocycles. The SMILES string of the molecule is Nc1nn2cc(F)cnc2c1C(=O)Nc1cncc(F)c1C1=CCN(C2COC2)CC1. The van der Waals surface area contributed by atoms with Crippen LogP contribution in [0.2, 0.25) is 0 Å². The molecular weight excluding hydrogens is 408 g/mol. The van der Waals surface area contributed by atoms with E-state index in [-0.39, 0.29) is 22.7 Å². The summed E-state index contributed by atoms with van der Waals surface area (Å²) in [6, 6.07) is 0.398. The van der Waals surface area contributed by atoms with Gasteiger partial charge in [0.2, 0.25) is 0 Å². The van der Waals surface area contributed by atoms with Crippen molar-refractivity contribution in [1.29, 1.82) is 0 Å². The van der Waals surface area contributed by atoms with E-state index < -0.39 is 17.5 Å². The summed E-state index contributed by atoms with van der Waals surface area (Å²) in [6.45, 7) is 2.88. The summed E-state index contributed by atoms with van der Waals surface area (Å²) in [5.74, 6) is -1.90. The highest BCUT2D eigenvalue weighted by atomic mass is 19.1. The summed E-state index contributed by atoms with van der Waals surface area (Å²) < 4.78 is 34.5. The van der Waals surface area contributed by atoms with Crippen LogP contribution in [0.3, 0.4) is 0 Å². The van der Waals surface area contributed by atoms with Gasteiger partial charge in [0, 0.05) is 18.7 Å². The first-order chi connectivity index (χ1) is 15.0. The zero-order valence-electron chi connectivity index (χ0n) is 16.4. The number of aromatic nitrogens is 4. The Labute approximate surface area is 175 Å². The Morgan fingerprint density at radius 2 is 2.10 bits per heavy atom. The van der Waals surface area contributed by atoms with Crippen molar-refractivity contribution >= 4 is 28.6 Å². The summed E-state index contributed by atoms with van der Waals surface area (Å²) in [4.78, 5) is 23.0. The Hall–Kier alpha value is -3.44. The number of hydrogen-bond donors (Lipinski definition) is 2. The maximum Gasteiger partial charge on any atom is 0.263 e. The number of carbonyl (C=O) groups is 1. The van der Waals surface area contributed by atoms with Gasteiger partial charge < -0.3 is 15.8 Å². The van der Waals surface area contributed by atoms with Crippen molar-refractivity contribution in [2.75, 3.05) is 37.4 Å². The van der Waals surface area contributed by atoms with Gasteiger partial charge in [0.1, 0.15) is 5.56 Å². The van der Waals surface area contributed by atoms with E-state index in [0.29, 0.717) is 37.8 Å². The number of rotatable bonds is 4. The van der Waals surface area contributed by atoms with Crippen LogP contribution < -0.4 is 11.1 Å². The van der Waals surface area contributed by atoms with Crippen LogP contribution in [-0.4, -0.2) is 62.7 Å². The van der Waals surface area contributed by atoms with Gasteiger partial charge in [0.15, 0.2) is 23.1 Å². The molecule has 3 aromatic heterocycles. The van der Waals surface area contributed by atoms with Crippen molar-refractivity contribution in [1.82, 2.24) is 24.5 Å². The molecule has 0 unspecified atom stereocenters. The molecule has 0 saturated carbocycles. The summed E-state index contributed by atoms with van der Waals surface area (Å²) in [5.41, 5.74) is 7.23. The molecule has 5 rings (SSSR count). The molecule has 1 fully saturated rings. The van der Waals surface area contributed by atoms with Crippen LogP contribution >= 0.6 is 0 Å². The number of nitrogens with two attached hydrogens (primary N) is 1. The standard InChI is InChI=1S/C20H19F2N7O2/c21-12-5-25-19-17(18(23)27-29(19)8-12)20(30)26-15-7-24-6-14(22)16(15)11-1-3-28(4-2-11)13-9-31-10-13/h1,5-8,13H,2-4,9-10H2,(H2,23,27)(H,26,30). The van der Waals surface area contributed by atoms with Crippen LogP contribution in [0.5, 0.6) is 0 Å². The molecule has 0 spiro atoms. The fraction of sp³-hybridized carbons (Fsp3) is 0.300. The molecule has 1 saturated heterocycles. The Morgan fingerprint density at radius 1 is 1.26 bits per heavy atom. The van der Waals surface area contributed by atoms with E-state index in [1.807, 2.05) is 6.08 Å². The van der Waals surface area contributed by atoms with Crippen LogP contribution in [0, 0.1) is 11.6 Å². The zero-order chi connectivity index (χ0) is 21.5. The van der Waals surface area contributed by atoms with Gasteiger partial charge >= 0.3 is 0 Å². The number of ether oxygens (including phenoxy) is 1. The van der Waals surface area contributed by atoms with Gasteiger partial charge in [-0.25, -0.2) is 18.3 Å². The summed E-state index contributed by atoms with van der Waals surface area (Å²) in [7, 11) is 0. The van der Waals surface area contributed by atoms with Gasteiger partial charge in [-0.3, -0.25) is 14.7 Å². The third-order valence-corrected chi connectivity index (χ3v) is 5.54. The average Bonchev–Trinajstić information content (AvgIpc) is 3.02. The highest BCUT2D eigenvalue weighted by Gasteiger charge is 2.29. The number of halogens is 2. The van der Waals surface area contributed by atoms with Gasteiger partial charge in [-0.15, -0.1) is 5.10 Å². The average molecular weight is 427 g/mol. The van der Waals surface area contributed by atoms with E-state index in [1.165, 1.54) is 6.20 Å². The number of nitrogens with one attached hydrogen (secondary N) is 1. The molecule has 9 nitrogen and oxygen atoms in total. The first kappa shape index (κ1) is 19.5. The molecule has 1 amide bonds. The summed E-state index contributed by atoms with van der Waals surface area (Å²) in [6.07, 6.45) is 7.12. The van der Waals surface area contributed by atoms with Crippen LogP contribution in [0.25, 0.3) is 11.2 Å². The Morgan fingerprint density at radius 3 is 2.81 bits per heavy atom. The lowest BCUT2D eigenvalue weighted by Gasteiger charge is -2.39. The maximum atomic E-state index is 14.8. The lowest BCUT2D eigenvalue weighted by Crippen LogP contribution is -2.50. The molecule has 2 aliphatic heterocycles. The minimum Gasteiger partial charge on any atom is -0.381 e. The molecule has 0 radical (unpaired) electrons. The number of amides is 1. The van der Waals surface area contributed by atoms with E-state index in [1.54, 1.807) is 0 Å². The van der Waals surface area contributed by atoms with E-state index in [4.69, 9.17) is 10.5 Å². The molecule has 2 aliphatic rings. The normalized spacial score (nSPS) is 17.4. The lowest BCUT2D eigenvalue weighted by atomic mass is 9.97. The number of nitrogen functional groups attached to an aromatic ring is 1. The molecule has 0 aromatic carbocycles. The third kappa shape index (κ3) is 3.51. The highest BCUT2D eigenvalue weighted by molar-refractivity contribution is 6.12. The summed E-state index contributed by atoms with van der Waals surface area (Å²) in [5, 5.41) is 6.59. The molecule has 0 bridgehead atoms. The molecule has 0 atom stereocenters. The number of carbonyl (C=O) groups excluding carboxylic acids is 1. The van der Waals surface area contributed by atoms with Crippen molar-refractivity contribution in [2.45, 2.75) is 12.5 Å². The Kier molecular flexibility index (Phi) is 4.83. The second kappa shape index (κ2) is 7.67. The monoisotopic (exact) mass is 427 g/mol. The van der Waals surface area contributed by atoms with E-state index >= 15 is 0 Å². The van der Waals surface area contributed by atoms with Crippen molar-refractivity contribution in [3.63, 3.8) is 0 Å². The van der Waals surface area contributed by atoms with Crippen LogP contribution in [-0.2, 0) is 4.74 Å². The van der Waals surface area contributed by atoms with Crippen LogP contribution in [0.1, 0.15) is 22.3 Å². The second-order valence-corrected chi connectivity index (χ2v) is 7.46. The zero-order valence-corrected chi connectivity index (χ0v) is 16.4. The van der Waals surface area contributed by atoms with Crippen molar-refractivity contribution in [3.05, 3.63) is 53.6 Å².